The van der Waals surface area contributed by atoms with E-state index in [1.165, 1.54) is 19.9 Å². The molecule has 1 aliphatic rings. The van der Waals surface area contributed by atoms with E-state index in [0.29, 0.717) is 23.4 Å². The zero-order valence-corrected chi connectivity index (χ0v) is 13.5. The largest absolute Gasteiger partial charge is 0.382 e. The Kier molecular flexibility index (Phi) is 5.24. The molecule has 1 aliphatic carbocycles. The molecule has 0 aromatic heterocycles. The normalized spacial score (nSPS) is 23.0. The summed E-state index contributed by atoms with van der Waals surface area (Å²) < 4.78 is 26.4. The molecule has 0 amide bonds. The molecule has 0 radical (unpaired) electrons. The first-order valence-corrected chi connectivity index (χ1v) is 8.97. The van der Waals surface area contributed by atoms with Crippen molar-refractivity contribution in [2.75, 3.05) is 18.9 Å². The molecule has 1 fully saturated rings. The summed E-state index contributed by atoms with van der Waals surface area (Å²) in [7, 11) is -1.99. The van der Waals surface area contributed by atoms with Crippen LogP contribution in [0.1, 0.15) is 31.2 Å². The molecule has 0 heterocycles. The van der Waals surface area contributed by atoms with Crippen LogP contribution in [0.4, 0.5) is 5.69 Å². The first-order chi connectivity index (χ1) is 9.97. The Morgan fingerprint density at radius 3 is 2.67 bits per heavy atom. The maximum absolute atomic E-state index is 12.0. The number of aryl methyl sites for hydroxylation is 1. The van der Waals surface area contributed by atoms with Crippen LogP contribution in [-0.4, -0.2) is 28.1 Å². The second-order valence-electron chi connectivity index (χ2n) is 5.72. The summed E-state index contributed by atoms with van der Waals surface area (Å²) in [6.07, 6.45) is 4.65. The number of nitrogens with one attached hydrogen (secondary N) is 2. The molecule has 0 saturated heterocycles. The standard InChI is InChI=1S/C15H25N3O2S/c1-11-7-8-13(9-15(11)21(19,20)17-2)18-14-6-4-3-5-12(14)10-16/h7-9,12,14,17-18H,3-6,10,16H2,1-2H3. The lowest BCUT2D eigenvalue weighted by Gasteiger charge is -2.32. The van der Waals surface area contributed by atoms with Gasteiger partial charge in [-0.2, -0.15) is 0 Å². The molecule has 2 atom stereocenters. The van der Waals surface area contributed by atoms with Gasteiger partial charge >= 0.3 is 0 Å². The second-order valence-corrected chi connectivity index (χ2v) is 7.57. The van der Waals surface area contributed by atoms with Gasteiger partial charge in [-0.05, 0) is 57.0 Å². The van der Waals surface area contributed by atoms with Gasteiger partial charge in [0.2, 0.25) is 10.0 Å². The lowest BCUT2D eigenvalue weighted by molar-refractivity contribution is 0.332. The summed E-state index contributed by atoms with van der Waals surface area (Å²) in [5, 5.41) is 3.47. The van der Waals surface area contributed by atoms with E-state index in [9.17, 15) is 8.42 Å². The highest BCUT2D eigenvalue weighted by Gasteiger charge is 2.24. The third-order valence-corrected chi connectivity index (χ3v) is 5.87. The minimum Gasteiger partial charge on any atom is -0.382 e. The van der Waals surface area contributed by atoms with Crippen molar-refractivity contribution >= 4 is 15.7 Å². The molecular weight excluding hydrogens is 286 g/mol. The van der Waals surface area contributed by atoms with E-state index in [2.05, 4.69) is 10.0 Å². The summed E-state index contributed by atoms with van der Waals surface area (Å²) in [5.41, 5.74) is 7.44. The number of hydrogen-bond acceptors (Lipinski definition) is 4. The van der Waals surface area contributed by atoms with Gasteiger partial charge in [0.05, 0.1) is 4.90 Å². The van der Waals surface area contributed by atoms with E-state index in [0.717, 1.165) is 24.1 Å². The molecule has 0 spiro atoms. The number of rotatable bonds is 5. The van der Waals surface area contributed by atoms with Gasteiger partial charge < -0.3 is 11.1 Å². The van der Waals surface area contributed by atoms with Crippen molar-refractivity contribution in [3.63, 3.8) is 0 Å². The Hall–Kier alpha value is -1.11. The molecular formula is C15H25N3O2S. The summed E-state index contributed by atoms with van der Waals surface area (Å²) >= 11 is 0. The van der Waals surface area contributed by atoms with E-state index in [-0.39, 0.29) is 0 Å². The maximum Gasteiger partial charge on any atom is 0.240 e. The van der Waals surface area contributed by atoms with Crippen molar-refractivity contribution < 1.29 is 8.42 Å². The van der Waals surface area contributed by atoms with Gasteiger partial charge in [-0.1, -0.05) is 18.9 Å². The number of hydrogen-bond donors (Lipinski definition) is 3. The van der Waals surface area contributed by atoms with Crippen LogP contribution < -0.4 is 15.8 Å². The molecule has 0 bridgehead atoms. The quantitative estimate of drug-likeness (QED) is 0.774. The smallest absolute Gasteiger partial charge is 0.240 e. The second kappa shape index (κ2) is 6.77. The van der Waals surface area contributed by atoms with Crippen molar-refractivity contribution in [1.29, 1.82) is 0 Å². The predicted octanol–water partition coefficient (Wildman–Crippen LogP) is 1.83. The monoisotopic (exact) mass is 311 g/mol. The zero-order valence-electron chi connectivity index (χ0n) is 12.7. The van der Waals surface area contributed by atoms with Crippen molar-refractivity contribution in [3.05, 3.63) is 23.8 Å². The molecule has 1 saturated carbocycles. The Balaban J connectivity index is 2.23. The van der Waals surface area contributed by atoms with E-state index < -0.39 is 10.0 Å². The zero-order chi connectivity index (χ0) is 15.5. The first-order valence-electron chi connectivity index (χ1n) is 7.48. The van der Waals surface area contributed by atoms with Crippen LogP contribution in [0.5, 0.6) is 0 Å². The summed E-state index contributed by atoms with van der Waals surface area (Å²) in [6, 6.07) is 5.82. The van der Waals surface area contributed by atoms with Crippen molar-refractivity contribution in [2.24, 2.45) is 11.7 Å². The number of sulfonamides is 1. The average molecular weight is 311 g/mol. The Morgan fingerprint density at radius 1 is 1.29 bits per heavy atom. The molecule has 2 unspecified atom stereocenters. The molecule has 2 rings (SSSR count). The van der Waals surface area contributed by atoms with Crippen LogP contribution in [0.25, 0.3) is 0 Å². The lowest BCUT2D eigenvalue weighted by Crippen LogP contribution is -2.36. The van der Waals surface area contributed by atoms with Gasteiger partial charge in [0, 0.05) is 11.7 Å². The van der Waals surface area contributed by atoms with Gasteiger partial charge in [-0.25, -0.2) is 13.1 Å². The average Bonchev–Trinajstić information content (AvgIpc) is 2.49. The third kappa shape index (κ3) is 3.75. The molecule has 6 heteroatoms. The lowest BCUT2D eigenvalue weighted by atomic mass is 9.84. The number of nitrogens with two attached hydrogens (primary N) is 1. The highest BCUT2D eigenvalue weighted by molar-refractivity contribution is 7.89. The molecule has 118 valence electrons. The highest BCUT2D eigenvalue weighted by atomic mass is 32.2. The van der Waals surface area contributed by atoms with Crippen molar-refractivity contribution in [1.82, 2.24) is 4.72 Å². The Bertz CT molecular complexity index is 587. The summed E-state index contributed by atoms with van der Waals surface area (Å²) in [6.45, 7) is 2.47. The van der Waals surface area contributed by atoms with E-state index in [1.54, 1.807) is 13.0 Å². The van der Waals surface area contributed by atoms with Gasteiger partial charge in [0.1, 0.15) is 0 Å². The van der Waals surface area contributed by atoms with Gasteiger partial charge in [0.15, 0.2) is 0 Å². The minimum atomic E-state index is -3.43. The molecule has 1 aromatic rings. The topological polar surface area (TPSA) is 84.2 Å². The minimum absolute atomic E-state index is 0.329. The fourth-order valence-corrected chi connectivity index (χ4v) is 3.98. The Labute approximate surface area is 127 Å². The summed E-state index contributed by atoms with van der Waals surface area (Å²) in [4.78, 5) is 0.329. The van der Waals surface area contributed by atoms with Crippen molar-refractivity contribution in [3.8, 4) is 0 Å². The van der Waals surface area contributed by atoms with Crippen LogP contribution in [0.2, 0.25) is 0 Å². The first kappa shape index (κ1) is 16.3. The van der Waals surface area contributed by atoms with E-state index in [1.807, 2.05) is 12.1 Å². The molecule has 5 nitrogen and oxygen atoms in total. The predicted molar refractivity (Wildman–Crippen MR) is 85.8 cm³/mol. The molecule has 0 aliphatic heterocycles. The summed E-state index contributed by atoms with van der Waals surface area (Å²) in [5.74, 6) is 0.462. The molecule has 1 aromatic carbocycles. The van der Waals surface area contributed by atoms with Crippen molar-refractivity contribution in [2.45, 2.75) is 43.5 Å². The van der Waals surface area contributed by atoms with Gasteiger partial charge in [0.25, 0.3) is 0 Å². The number of benzene rings is 1. The highest BCUT2D eigenvalue weighted by Crippen LogP contribution is 2.28. The number of anilines is 1. The fourth-order valence-electron chi connectivity index (χ4n) is 2.98. The van der Waals surface area contributed by atoms with Gasteiger partial charge in [-0.15, -0.1) is 0 Å². The van der Waals surface area contributed by atoms with Gasteiger partial charge in [-0.3, -0.25) is 0 Å². The van der Waals surface area contributed by atoms with Crippen LogP contribution in [0.3, 0.4) is 0 Å². The van der Waals surface area contributed by atoms with Crippen LogP contribution in [0, 0.1) is 12.8 Å². The Morgan fingerprint density at radius 2 is 2.00 bits per heavy atom. The fraction of sp³-hybridized carbons (Fsp3) is 0.600. The molecule has 21 heavy (non-hydrogen) atoms. The van der Waals surface area contributed by atoms with Crippen LogP contribution >= 0.6 is 0 Å². The molecule has 4 N–H and O–H groups in total. The van der Waals surface area contributed by atoms with Crippen LogP contribution in [0.15, 0.2) is 23.1 Å². The van der Waals surface area contributed by atoms with Crippen LogP contribution in [-0.2, 0) is 10.0 Å². The third-order valence-electron chi connectivity index (χ3n) is 4.31. The van der Waals surface area contributed by atoms with E-state index in [4.69, 9.17) is 5.73 Å². The maximum atomic E-state index is 12.0. The van der Waals surface area contributed by atoms with E-state index >= 15 is 0 Å². The SMILES string of the molecule is CNS(=O)(=O)c1cc(NC2CCCCC2CN)ccc1C.